The Kier molecular flexibility index (Phi) is 31.6. The van der Waals surface area contributed by atoms with Gasteiger partial charge in [0.1, 0.15) is 11.5 Å². The van der Waals surface area contributed by atoms with E-state index in [1.54, 1.807) is 0 Å². The summed E-state index contributed by atoms with van der Waals surface area (Å²) in [5.41, 5.74) is 0. The topological polar surface area (TPSA) is 23.1 Å². The van der Waals surface area contributed by atoms with E-state index in [0.717, 1.165) is 11.5 Å². The third kappa shape index (κ3) is 30.3. The molecule has 1 nitrogen and oxygen atoms in total. The maximum Gasteiger partial charge on any atom is 0.105 e. The molecule has 0 radical (unpaired) electrons. The monoisotopic (exact) mass is 498 g/mol. The van der Waals surface area contributed by atoms with Gasteiger partial charge in [-0.2, -0.15) is 0 Å². The van der Waals surface area contributed by atoms with E-state index < -0.39 is 11.2 Å². The second-order valence-corrected chi connectivity index (χ2v) is 12.7. The van der Waals surface area contributed by atoms with Crippen molar-refractivity contribution in [3.05, 3.63) is 0 Å². The van der Waals surface area contributed by atoms with Crippen LogP contribution in [-0.2, 0) is 11.2 Å². The molecule has 0 bridgehead atoms. The van der Waals surface area contributed by atoms with E-state index in [1.165, 1.54) is 180 Å². The van der Waals surface area contributed by atoms with Crippen LogP contribution >= 0.6 is 0 Å². The standard InChI is InChI=1S/C32H66OS/c1-3-5-7-9-11-13-15-17-19-21-23-25-27-29-31-34(33)32-30-28-26-24-22-20-18-16-14-12-10-8-6-4-2/h3-32H2,1-2H3. The molecule has 0 aromatic carbocycles. The number of hydrogen-bond donors (Lipinski definition) is 0. The largest absolute Gasteiger partial charge is 0.616 e. The minimum Gasteiger partial charge on any atom is -0.616 e. The highest BCUT2D eigenvalue weighted by atomic mass is 32.2. The van der Waals surface area contributed by atoms with Gasteiger partial charge in [-0.25, -0.2) is 0 Å². The van der Waals surface area contributed by atoms with E-state index in [4.69, 9.17) is 0 Å². The number of hydrogen-bond acceptors (Lipinski definition) is 1. The summed E-state index contributed by atoms with van der Waals surface area (Å²) < 4.78 is 12.2. The first-order valence-corrected chi connectivity index (χ1v) is 17.6. The Morgan fingerprint density at radius 2 is 0.471 bits per heavy atom. The third-order valence-corrected chi connectivity index (χ3v) is 8.94. The van der Waals surface area contributed by atoms with E-state index >= 15 is 0 Å². The van der Waals surface area contributed by atoms with Gasteiger partial charge in [0, 0.05) is 0 Å². The lowest BCUT2D eigenvalue weighted by Gasteiger charge is -2.11. The van der Waals surface area contributed by atoms with Crippen LogP contribution in [0, 0.1) is 0 Å². The smallest absolute Gasteiger partial charge is 0.105 e. The molecule has 34 heavy (non-hydrogen) atoms. The van der Waals surface area contributed by atoms with Crippen molar-refractivity contribution in [2.75, 3.05) is 11.5 Å². The molecule has 2 heteroatoms. The van der Waals surface area contributed by atoms with E-state index in [9.17, 15) is 4.55 Å². The minimum atomic E-state index is -0.552. The van der Waals surface area contributed by atoms with Gasteiger partial charge in [-0.05, 0) is 25.7 Å². The molecule has 0 N–H and O–H groups in total. The van der Waals surface area contributed by atoms with Crippen molar-refractivity contribution in [2.24, 2.45) is 0 Å². The first kappa shape index (κ1) is 34.3. The fraction of sp³-hybridized carbons (Fsp3) is 1.00. The van der Waals surface area contributed by atoms with Crippen molar-refractivity contribution < 1.29 is 4.55 Å². The van der Waals surface area contributed by atoms with E-state index in [0.29, 0.717) is 0 Å². The SMILES string of the molecule is CCCCCCCCCCCCCCCC[S+]([O-])CCCCCCCCCCCCCCCC. The van der Waals surface area contributed by atoms with Crippen molar-refractivity contribution in [1.29, 1.82) is 0 Å². The Morgan fingerprint density at radius 3 is 0.676 bits per heavy atom. The second-order valence-electron chi connectivity index (χ2n) is 11.0. The Morgan fingerprint density at radius 1 is 0.294 bits per heavy atom. The summed E-state index contributed by atoms with van der Waals surface area (Å²) in [6.45, 7) is 4.59. The molecule has 0 saturated carbocycles. The first-order chi connectivity index (χ1) is 16.8. The Balaban J connectivity index is 3.13. The zero-order valence-corrected chi connectivity index (χ0v) is 24.8. The van der Waals surface area contributed by atoms with Gasteiger partial charge < -0.3 is 4.55 Å². The molecule has 0 heterocycles. The lowest BCUT2D eigenvalue weighted by molar-refractivity contribution is 0.535. The molecule has 0 atom stereocenters. The summed E-state index contributed by atoms with van der Waals surface area (Å²) in [7, 11) is 0. The van der Waals surface area contributed by atoms with Crippen molar-refractivity contribution in [3.8, 4) is 0 Å². The molecule has 0 aromatic heterocycles. The van der Waals surface area contributed by atoms with Crippen LogP contribution < -0.4 is 0 Å². The van der Waals surface area contributed by atoms with Gasteiger partial charge in [-0.15, -0.1) is 0 Å². The van der Waals surface area contributed by atoms with Crippen LogP contribution in [0.4, 0.5) is 0 Å². The lowest BCUT2D eigenvalue weighted by Crippen LogP contribution is -2.11. The fourth-order valence-corrected chi connectivity index (χ4v) is 6.27. The van der Waals surface area contributed by atoms with Gasteiger partial charge in [0.25, 0.3) is 0 Å². The molecule has 0 fully saturated rings. The second kappa shape index (κ2) is 31.3. The summed E-state index contributed by atoms with van der Waals surface area (Å²) in [6, 6.07) is 0. The molecule has 0 aliphatic heterocycles. The van der Waals surface area contributed by atoms with Crippen molar-refractivity contribution in [3.63, 3.8) is 0 Å². The predicted molar refractivity (Wildman–Crippen MR) is 159 cm³/mol. The number of rotatable bonds is 30. The number of unbranched alkanes of at least 4 members (excludes halogenated alkanes) is 26. The lowest BCUT2D eigenvalue weighted by atomic mass is 10.0. The summed E-state index contributed by atoms with van der Waals surface area (Å²) >= 11 is -0.552. The molecule has 0 unspecified atom stereocenters. The van der Waals surface area contributed by atoms with Crippen LogP contribution in [0.15, 0.2) is 0 Å². The molecule has 0 aromatic rings. The van der Waals surface area contributed by atoms with Crippen molar-refractivity contribution in [2.45, 2.75) is 194 Å². The fourth-order valence-electron chi connectivity index (χ4n) is 5.02. The summed E-state index contributed by atoms with van der Waals surface area (Å²) in [5, 5.41) is 0. The first-order valence-electron chi connectivity index (χ1n) is 16.2. The zero-order valence-electron chi connectivity index (χ0n) is 24.0. The maximum absolute atomic E-state index is 12.2. The Hall–Kier alpha value is 0.310. The van der Waals surface area contributed by atoms with Gasteiger partial charge in [0.15, 0.2) is 0 Å². The van der Waals surface area contributed by atoms with E-state index in [2.05, 4.69) is 13.8 Å². The molecule has 0 amide bonds. The average Bonchev–Trinajstić information content (AvgIpc) is 2.84. The highest BCUT2D eigenvalue weighted by molar-refractivity contribution is 7.91. The quantitative estimate of drug-likeness (QED) is 0.0713. The zero-order chi connectivity index (χ0) is 24.8. The highest BCUT2D eigenvalue weighted by Crippen LogP contribution is 2.15. The summed E-state index contributed by atoms with van der Waals surface area (Å²) in [6.07, 6.45) is 39.1. The molecule has 0 aliphatic carbocycles. The van der Waals surface area contributed by atoms with Crippen molar-refractivity contribution in [1.82, 2.24) is 0 Å². The molecular formula is C32H66OS. The highest BCUT2D eigenvalue weighted by Gasteiger charge is 2.05. The van der Waals surface area contributed by atoms with Crippen LogP contribution in [-0.4, -0.2) is 16.1 Å². The van der Waals surface area contributed by atoms with Crippen LogP contribution in [0.25, 0.3) is 0 Å². The normalized spacial score (nSPS) is 11.6. The van der Waals surface area contributed by atoms with E-state index in [-0.39, 0.29) is 0 Å². The maximum atomic E-state index is 12.2. The van der Waals surface area contributed by atoms with Gasteiger partial charge >= 0.3 is 0 Å². The van der Waals surface area contributed by atoms with Gasteiger partial charge in [0.05, 0.1) is 0 Å². The average molecular weight is 499 g/mol. The molecule has 0 rings (SSSR count). The Bertz CT molecular complexity index is 314. The van der Waals surface area contributed by atoms with Crippen LogP contribution in [0.5, 0.6) is 0 Å². The molecule has 0 saturated heterocycles. The minimum absolute atomic E-state index is 0.552. The Labute approximate surface area is 220 Å². The summed E-state index contributed by atoms with van der Waals surface area (Å²) in [4.78, 5) is 0. The van der Waals surface area contributed by atoms with Gasteiger partial charge in [-0.3, -0.25) is 0 Å². The van der Waals surface area contributed by atoms with Gasteiger partial charge in [-0.1, -0.05) is 179 Å². The van der Waals surface area contributed by atoms with E-state index in [1.807, 2.05) is 0 Å². The molecule has 206 valence electrons. The molecule has 0 spiro atoms. The van der Waals surface area contributed by atoms with Gasteiger partial charge in [0.2, 0.25) is 0 Å². The van der Waals surface area contributed by atoms with Crippen molar-refractivity contribution >= 4 is 11.2 Å². The summed E-state index contributed by atoms with van der Waals surface area (Å²) in [5.74, 6) is 1.91. The van der Waals surface area contributed by atoms with Crippen LogP contribution in [0.3, 0.4) is 0 Å². The molecular weight excluding hydrogens is 432 g/mol. The van der Waals surface area contributed by atoms with Crippen LogP contribution in [0.2, 0.25) is 0 Å². The third-order valence-electron chi connectivity index (χ3n) is 7.45. The van der Waals surface area contributed by atoms with Crippen LogP contribution in [0.1, 0.15) is 194 Å². The molecule has 0 aliphatic rings. The predicted octanol–water partition coefficient (Wildman–Crippen LogP) is 11.7.